The Kier molecular flexibility index (Phi) is 4.28. The molecule has 0 aromatic carbocycles. The van der Waals surface area contributed by atoms with Crippen molar-refractivity contribution in [1.82, 2.24) is 19.9 Å². The lowest BCUT2D eigenvalue weighted by Gasteiger charge is -2.24. The zero-order valence-corrected chi connectivity index (χ0v) is 13.2. The molecule has 1 saturated heterocycles. The highest BCUT2D eigenvalue weighted by atomic mass is 16.5. The van der Waals surface area contributed by atoms with E-state index in [4.69, 9.17) is 10.3 Å². The van der Waals surface area contributed by atoms with E-state index in [-0.39, 0.29) is 11.6 Å². The van der Waals surface area contributed by atoms with Crippen molar-refractivity contribution < 1.29 is 4.52 Å². The Hall–Kier alpha value is -0.980. The van der Waals surface area contributed by atoms with Gasteiger partial charge < -0.3 is 15.2 Å². The summed E-state index contributed by atoms with van der Waals surface area (Å²) in [6.07, 6.45) is 6.46. The molecule has 0 amide bonds. The molecular weight excluding hydrogens is 266 g/mol. The molecule has 0 spiro atoms. The molecule has 21 heavy (non-hydrogen) atoms. The van der Waals surface area contributed by atoms with E-state index in [9.17, 15) is 0 Å². The number of nitrogens with two attached hydrogens (primary N) is 1. The minimum absolute atomic E-state index is 0.129. The second kappa shape index (κ2) is 6.02. The van der Waals surface area contributed by atoms with E-state index in [0.717, 1.165) is 38.3 Å². The summed E-state index contributed by atoms with van der Waals surface area (Å²) in [4.78, 5) is 9.31. The first-order valence-electron chi connectivity index (χ1n) is 8.06. The SMILES string of the molecule is CN1CCCN(C)C(c2noc(CC3(N)CCCC3)n2)C1. The Balaban J connectivity index is 1.71. The zero-order valence-electron chi connectivity index (χ0n) is 13.2. The summed E-state index contributed by atoms with van der Waals surface area (Å²) < 4.78 is 5.48. The van der Waals surface area contributed by atoms with E-state index in [0.29, 0.717) is 12.3 Å². The summed E-state index contributed by atoms with van der Waals surface area (Å²) in [5, 5.41) is 4.23. The highest BCUT2D eigenvalue weighted by molar-refractivity contribution is 5.02. The van der Waals surface area contributed by atoms with Crippen molar-refractivity contribution in [3.05, 3.63) is 11.7 Å². The van der Waals surface area contributed by atoms with Gasteiger partial charge in [-0.05, 0) is 46.4 Å². The molecule has 2 heterocycles. The van der Waals surface area contributed by atoms with Gasteiger partial charge in [0, 0.05) is 18.5 Å². The van der Waals surface area contributed by atoms with Crippen molar-refractivity contribution >= 4 is 0 Å². The van der Waals surface area contributed by atoms with Gasteiger partial charge in [0.2, 0.25) is 5.89 Å². The minimum atomic E-state index is -0.129. The van der Waals surface area contributed by atoms with E-state index >= 15 is 0 Å². The smallest absolute Gasteiger partial charge is 0.228 e. The Morgan fingerprint density at radius 2 is 2.00 bits per heavy atom. The maximum absolute atomic E-state index is 6.41. The van der Waals surface area contributed by atoms with E-state index < -0.39 is 0 Å². The molecule has 2 fully saturated rings. The van der Waals surface area contributed by atoms with Crippen LogP contribution in [0.25, 0.3) is 0 Å². The molecule has 0 radical (unpaired) electrons. The summed E-state index contributed by atoms with van der Waals surface area (Å²) >= 11 is 0. The lowest BCUT2D eigenvalue weighted by Crippen LogP contribution is -2.38. The molecule has 1 aliphatic carbocycles. The van der Waals surface area contributed by atoms with Crippen LogP contribution in [0.1, 0.15) is 49.9 Å². The zero-order chi connectivity index (χ0) is 14.9. The number of nitrogens with zero attached hydrogens (tertiary/aromatic N) is 4. The standard InChI is InChI=1S/C15H27N5O/c1-19-8-5-9-20(2)12(11-19)14-17-13(21-18-14)10-15(16)6-3-4-7-15/h12H,3-11,16H2,1-2H3. The molecule has 1 aliphatic heterocycles. The highest BCUT2D eigenvalue weighted by Gasteiger charge is 2.33. The van der Waals surface area contributed by atoms with Crippen LogP contribution in [0, 0.1) is 0 Å². The molecule has 0 bridgehead atoms. The fraction of sp³-hybridized carbons (Fsp3) is 0.867. The average Bonchev–Trinajstić information content (AvgIpc) is 3.02. The Morgan fingerprint density at radius 3 is 2.76 bits per heavy atom. The van der Waals surface area contributed by atoms with Crippen LogP contribution in [0.15, 0.2) is 4.52 Å². The van der Waals surface area contributed by atoms with E-state index in [1.54, 1.807) is 0 Å². The van der Waals surface area contributed by atoms with Gasteiger partial charge in [-0.2, -0.15) is 4.98 Å². The lowest BCUT2D eigenvalue weighted by atomic mass is 9.95. The van der Waals surface area contributed by atoms with Crippen molar-refractivity contribution in [3.8, 4) is 0 Å². The molecule has 1 aromatic rings. The Bertz CT molecular complexity index is 468. The average molecular weight is 293 g/mol. The van der Waals surface area contributed by atoms with Crippen LogP contribution in [0.3, 0.4) is 0 Å². The van der Waals surface area contributed by atoms with Crippen LogP contribution in [-0.2, 0) is 6.42 Å². The second-order valence-electron chi connectivity index (χ2n) is 6.90. The van der Waals surface area contributed by atoms with Crippen LogP contribution in [-0.4, -0.2) is 59.2 Å². The molecule has 6 nitrogen and oxygen atoms in total. The third-order valence-electron chi connectivity index (χ3n) is 4.95. The predicted molar refractivity (Wildman–Crippen MR) is 80.9 cm³/mol. The van der Waals surface area contributed by atoms with Crippen LogP contribution in [0.2, 0.25) is 0 Å². The summed E-state index contributed by atoms with van der Waals surface area (Å²) in [6, 6.07) is 0.215. The van der Waals surface area contributed by atoms with Crippen LogP contribution < -0.4 is 5.73 Å². The molecule has 1 aromatic heterocycles. The van der Waals surface area contributed by atoms with E-state index in [1.807, 2.05) is 0 Å². The van der Waals surface area contributed by atoms with E-state index in [1.165, 1.54) is 19.3 Å². The molecule has 118 valence electrons. The minimum Gasteiger partial charge on any atom is -0.339 e. The number of hydrogen-bond acceptors (Lipinski definition) is 6. The van der Waals surface area contributed by atoms with Gasteiger partial charge >= 0.3 is 0 Å². The monoisotopic (exact) mass is 293 g/mol. The first kappa shape index (κ1) is 14.9. The Morgan fingerprint density at radius 1 is 1.24 bits per heavy atom. The predicted octanol–water partition coefficient (Wildman–Crippen LogP) is 1.19. The first-order chi connectivity index (χ1) is 10.1. The number of aromatic nitrogens is 2. The summed E-state index contributed by atoms with van der Waals surface area (Å²) in [6.45, 7) is 3.14. The quantitative estimate of drug-likeness (QED) is 0.902. The van der Waals surface area contributed by atoms with Crippen molar-refractivity contribution in [2.75, 3.05) is 33.7 Å². The van der Waals surface area contributed by atoms with Gasteiger partial charge in [-0.3, -0.25) is 4.90 Å². The van der Waals surface area contributed by atoms with Gasteiger partial charge in [-0.15, -0.1) is 0 Å². The molecule has 2 aliphatic rings. The maximum atomic E-state index is 6.41. The number of hydrogen-bond donors (Lipinski definition) is 1. The van der Waals surface area contributed by atoms with E-state index in [2.05, 4.69) is 34.0 Å². The van der Waals surface area contributed by atoms with Crippen molar-refractivity contribution in [2.45, 2.75) is 50.1 Å². The molecule has 1 atom stereocenters. The summed E-state index contributed by atoms with van der Waals surface area (Å²) in [7, 11) is 4.29. The van der Waals surface area contributed by atoms with Gasteiger partial charge in [-0.1, -0.05) is 18.0 Å². The fourth-order valence-corrected chi connectivity index (χ4v) is 3.58. The van der Waals surface area contributed by atoms with Crippen molar-refractivity contribution in [3.63, 3.8) is 0 Å². The molecule has 1 unspecified atom stereocenters. The normalized spacial score (nSPS) is 27.9. The Labute approximate surface area is 126 Å². The van der Waals surface area contributed by atoms with Gasteiger partial charge in [0.05, 0.1) is 6.04 Å². The molecule has 6 heteroatoms. The number of likely N-dealkylation sites (N-methyl/N-ethyl adjacent to an activating group) is 2. The highest BCUT2D eigenvalue weighted by Crippen LogP contribution is 2.30. The van der Waals surface area contributed by atoms with Crippen molar-refractivity contribution in [1.29, 1.82) is 0 Å². The summed E-state index contributed by atoms with van der Waals surface area (Å²) in [5.41, 5.74) is 6.28. The van der Waals surface area contributed by atoms with Crippen LogP contribution in [0.4, 0.5) is 0 Å². The van der Waals surface area contributed by atoms with Crippen LogP contribution >= 0.6 is 0 Å². The first-order valence-corrected chi connectivity index (χ1v) is 8.06. The molecular formula is C15H27N5O. The van der Waals surface area contributed by atoms with Crippen LogP contribution in [0.5, 0.6) is 0 Å². The molecule has 2 N–H and O–H groups in total. The number of rotatable bonds is 3. The second-order valence-corrected chi connectivity index (χ2v) is 6.90. The molecule has 3 rings (SSSR count). The third kappa shape index (κ3) is 3.44. The third-order valence-corrected chi connectivity index (χ3v) is 4.95. The van der Waals surface area contributed by atoms with Gasteiger partial charge in [0.1, 0.15) is 0 Å². The van der Waals surface area contributed by atoms with Gasteiger partial charge in [0.15, 0.2) is 5.82 Å². The van der Waals surface area contributed by atoms with Crippen molar-refractivity contribution in [2.24, 2.45) is 5.73 Å². The van der Waals surface area contributed by atoms with Gasteiger partial charge in [-0.25, -0.2) is 0 Å². The maximum Gasteiger partial charge on any atom is 0.228 e. The molecule has 1 saturated carbocycles. The van der Waals surface area contributed by atoms with Gasteiger partial charge in [0.25, 0.3) is 0 Å². The fourth-order valence-electron chi connectivity index (χ4n) is 3.58. The largest absolute Gasteiger partial charge is 0.339 e. The lowest BCUT2D eigenvalue weighted by molar-refractivity contribution is 0.214. The topological polar surface area (TPSA) is 71.4 Å². The summed E-state index contributed by atoms with van der Waals surface area (Å²) in [5.74, 6) is 1.51.